The molecule has 0 aromatic heterocycles. The molecule has 0 heterocycles. The summed E-state index contributed by atoms with van der Waals surface area (Å²) in [5.74, 6) is 0. The first-order chi connectivity index (χ1) is 7.01. The number of hydrogen-bond donors (Lipinski definition) is 1. The summed E-state index contributed by atoms with van der Waals surface area (Å²) in [5, 5.41) is 8.51. The molecule has 0 saturated carbocycles. The minimum absolute atomic E-state index is 0.359. The molecule has 1 rings (SSSR count). The van der Waals surface area contributed by atoms with Crippen molar-refractivity contribution in [1.82, 2.24) is 5.48 Å². The van der Waals surface area contributed by atoms with Gasteiger partial charge in [0.05, 0.1) is 24.4 Å². The summed E-state index contributed by atoms with van der Waals surface area (Å²) < 4.78 is 25.8. The molecule has 0 unspecified atom stereocenters. The van der Waals surface area contributed by atoms with E-state index in [0.717, 1.165) is 24.7 Å². The van der Waals surface area contributed by atoms with E-state index in [2.05, 4.69) is 9.76 Å². The Kier molecular flexibility index (Phi) is 3.88. The van der Waals surface area contributed by atoms with Crippen molar-refractivity contribution in [3.8, 4) is 6.07 Å². The molecule has 6 heteroatoms. The van der Waals surface area contributed by atoms with Gasteiger partial charge in [-0.05, 0) is 18.9 Å². The maximum Gasteiger partial charge on any atom is 0.284 e. The number of nitriles is 1. The highest BCUT2D eigenvalue weighted by Crippen LogP contribution is 2.18. The third-order valence-corrected chi connectivity index (χ3v) is 2.19. The summed E-state index contributed by atoms with van der Waals surface area (Å²) in [6, 6.07) is 2.05. The van der Waals surface area contributed by atoms with Gasteiger partial charge in [0.2, 0.25) is 0 Å². The highest BCUT2D eigenvalue weighted by molar-refractivity contribution is 7.85. The maximum absolute atomic E-state index is 10.7. The molecule has 5 nitrogen and oxygen atoms in total. The molecule has 0 bridgehead atoms. The summed E-state index contributed by atoms with van der Waals surface area (Å²) in [4.78, 5) is 0. The van der Waals surface area contributed by atoms with Crippen LogP contribution < -0.4 is 5.48 Å². The van der Waals surface area contributed by atoms with Gasteiger partial charge >= 0.3 is 0 Å². The fraction of sp³-hybridized carbons (Fsp3) is 0.444. The van der Waals surface area contributed by atoms with Crippen molar-refractivity contribution >= 4 is 10.1 Å². The molecule has 0 radical (unpaired) electrons. The van der Waals surface area contributed by atoms with Crippen molar-refractivity contribution < 1.29 is 12.7 Å². The first-order valence-corrected chi connectivity index (χ1v) is 6.24. The fourth-order valence-corrected chi connectivity index (χ4v) is 1.45. The quantitative estimate of drug-likeness (QED) is 0.726. The van der Waals surface area contributed by atoms with E-state index < -0.39 is 10.1 Å². The van der Waals surface area contributed by atoms with Crippen LogP contribution in [-0.4, -0.2) is 14.7 Å². The molecule has 0 aromatic rings. The zero-order valence-electron chi connectivity index (χ0n) is 8.36. The molecular weight excluding hydrogens is 216 g/mol. The van der Waals surface area contributed by atoms with Gasteiger partial charge in [0.15, 0.2) is 0 Å². The summed E-state index contributed by atoms with van der Waals surface area (Å²) >= 11 is 0. The monoisotopic (exact) mass is 228 g/mol. The minimum atomic E-state index is -3.50. The standard InChI is InChI=1S/C9H12N2O3S/c1-15(12,13)14-11-9-4-2-3-8(7-9)5-6-10/h4,7,11H,2-3,5H2,1H3. The van der Waals surface area contributed by atoms with Gasteiger partial charge in [0.1, 0.15) is 0 Å². The summed E-state index contributed by atoms with van der Waals surface area (Å²) in [6.07, 6.45) is 6.49. The van der Waals surface area contributed by atoms with E-state index in [9.17, 15) is 8.42 Å². The molecule has 0 aromatic carbocycles. The van der Waals surface area contributed by atoms with Crippen molar-refractivity contribution in [2.45, 2.75) is 19.3 Å². The third-order valence-electron chi connectivity index (χ3n) is 1.81. The van der Waals surface area contributed by atoms with Crippen LogP contribution in [0.1, 0.15) is 19.3 Å². The number of rotatable bonds is 4. The van der Waals surface area contributed by atoms with Crippen LogP contribution in [0.25, 0.3) is 0 Å². The van der Waals surface area contributed by atoms with Crippen molar-refractivity contribution in [3.63, 3.8) is 0 Å². The molecule has 0 fully saturated rings. The SMILES string of the molecule is CS(=O)(=O)ONC1=CCCC(CC#N)=C1. The Labute approximate surface area is 89.1 Å². The molecule has 0 atom stereocenters. The van der Waals surface area contributed by atoms with E-state index in [4.69, 9.17) is 5.26 Å². The number of allylic oxidation sites excluding steroid dienone is 3. The molecule has 0 spiro atoms. The van der Waals surface area contributed by atoms with Crippen LogP contribution in [0, 0.1) is 11.3 Å². The van der Waals surface area contributed by atoms with E-state index in [-0.39, 0.29) is 0 Å². The zero-order valence-corrected chi connectivity index (χ0v) is 9.17. The Hall–Kier alpha value is -1.32. The lowest BCUT2D eigenvalue weighted by atomic mass is 10.0. The number of hydrogen-bond acceptors (Lipinski definition) is 5. The lowest BCUT2D eigenvalue weighted by molar-refractivity contribution is 0.242. The van der Waals surface area contributed by atoms with Gasteiger partial charge in [0.25, 0.3) is 10.1 Å². The van der Waals surface area contributed by atoms with Gasteiger partial charge in [-0.2, -0.15) is 18.0 Å². The Balaban J connectivity index is 2.57. The summed E-state index contributed by atoms with van der Waals surface area (Å²) in [6.45, 7) is 0. The molecule has 0 aliphatic heterocycles. The van der Waals surface area contributed by atoms with Gasteiger partial charge in [-0.3, -0.25) is 0 Å². The van der Waals surface area contributed by atoms with Crippen LogP contribution >= 0.6 is 0 Å². The second-order valence-electron chi connectivity index (χ2n) is 3.23. The van der Waals surface area contributed by atoms with Crippen molar-refractivity contribution in [1.29, 1.82) is 5.26 Å². The summed E-state index contributed by atoms with van der Waals surface area (Å²) in [5.41, 5.74) is 3.89. The van der Waals surface area contributed by atoms with Gasteiger partial charge < -0.3 is 0 Å². The maximum atomic E-state index is 10.7. The highest BCUT2D eigenvalue weighted by atomic mass is 32.2. The van der Waals surface area contributed by atoms with Gasteiger partial charge in [0, 0.05) is 0 Å². The predicted molar refractivity (Wildman–Crippen MR) is 54.7 cm³/mol. The van der Waals surface area contributed by atoms with Crippen molar-refractivity contribution in [3.05, 3.63) is 23.4 Å². The van der Waals surface area contributed by atoms with E-state index in [1.807, 2.05) is 12.1 Å². The Morgan fingerprint density at radius 3 is 3.00 bits per heavy atom. The molecule has 15 heavy (non-hydrogen) atoms. The van der Waals surface area contributed by atoms with Crippen molar-refractivity contribution in [2.75, 3.05) is 6.26 Å². The lowest BCUT2D eigenvalue weighted by Crippen LogP contribution is -2.19. The third kappa shape index (κ3) is 4.63. The van der Waals surface area contributed by atoms with Gasteiger partial charge in [-0.15, -0.1) is 0 Å². The van der Waals surface area contributed by atoms with Crippen LogP contribution in [0.5, 0.6) is 0 Å². The molecule has 0 amide bonds. The average molecular weight is 228 g/mol. The normalized spacial score (nSPS) is 16.3. The molecule has 1 aliphatic carbocycles. The number of nitrogens with one attached hydrogen (secondary N) is 1. The zero-order chi connectivity index (χ0) is 11.3. The van der Waals surface area contributed by atoms with Gasteiger partial charge in [-0.1, -0.05) is 11.6 Å². The first-order valence-electron chi connectivity index (χ1n) is 4.42. The topological polar surface area (TPSA) is 79.2 Å². The second kappa shape index (κ2) is 4.96. The predicted octanol–water partition coefficient (Wildman–Crippen LogP) is 0.985. The Morgan fingerprint density at radius 1 is 1.67 bits per heavy atom. The molecule has 1 N–H and O–H groups in total. The van der Waals surface area contributed by atoms with Crippen LogP contribution in [0.15, 0.2) is 23.4 Å². The molecular formula is C9H12N2O3S. The smallest absolute Gasteiger partial charge is 0.250 e. The fourth-order valence-electron chi connectivity index (χ4n) is 1.20. The molecule has 82 valence electrons. The van der Waals surface area contributed by atoms with Crippen LogP contribution in [0.3, 0.4) is 0 Å². The minimum Gasteiger partial charge on any atom is -0.250 e. The van der Waals surface area contributed by atoms with E-state index in [1.165, 1.54) is 0 Å². The first kappa shape index (κ1) is 11.8. The van der Waals surface area contributed by atoms with E-state index in [0.29, 0.717) is 12.1 Å². The Bertz CT molecular complexity index is 429. The largest absolute Gasteiger partial charge is 0.284 e. The van der Waals surface area contributed by atoms with Crippen molar-refractivity contribution in [2.24, 2.45) is 0 Å². The van der Waals surface area contributed by atoms with Crippen LogP contribution in [0.4, 0.5) is 0 Å². The highest BCUT2D eigenvalue weighted by Gasteiger charge is 2.07. The van der Waals surface area contributed by atoms with Crippen LogP contribution in [-0.2, 0) is 14.4 Å². The van der Waals surface area contributed by atoms with Gasteiger partial charge in [-0.25, -0.2) is 5.48 Å². The number of hydroxylamine groups is 1. The van der Waals surface area contributed by atoms with Crippen LogP contribution in [0.2, 0.25) is 0 Å². The number of nitrogens with zero attached hydrogens (tertiary/aromatic N) is 1. The summed E-state index contributed by atoms with van der Waals surface area (Å²) in [7, 11) is -3.50. The Morgan fingerprint density at radius 2 is 2.40 bits per heavy atom. The average Bonchev–Trinajstić information content (AvgIpc) is 2.15. The molecule has 0 saturated heterocycles. The molecule has 1 aliphatic rings. The second-order valence-corrected chi connectivity index (χ2v) is 4.80. The lowest BCUT2D eigenvalue weighted by Gasteiger charge is -2.12. The van der Waals surface area contributed by atoms with E-state index >= 15 is 0 Å². The van der Waals surface area contributed by atoms with E-state index in [1.54, 1.807) is 6.08 Å².